The zero-order valence-electron chi connectivity index (χ0n) is 21.3. The van der Waals surface area contributed by atoms with E-state index in [4.69, 9.17) is 0 Å². The minimum atomic E-state index is -0.608. The van der Waals surface area contributed by atoms with Crippen LogP contribution in [-0.4, -0.2) is 33.4 Å². The third-order valence-electron chi connectivity index (χ3n) is 8.85. The van der Waals surface area contributed by atoms with Crippen molar-refractivity contribution in [1.82, 2.24) is 4.90 Å². The second-order valence-electron chi connectivity index (χ2n) is 10.9. The van der Waals surface area contributed by atoms with Crippen LogP contribution in [0.1, 0.15) is 29.9 Å². The number of carbonyl (C=O) groups excluding carboxylic acids is 4. The number of rotatable bonds is 3. The molecule has 0 bridgehead atoms. The zero-order chi connectivity index (χ0) is 27.7. The molecule has 1 aliphatic heterocycles. The van der Waals surface area contributed by atoms with E-state index < -0.39 is 23.7 Å². The summed E-state index contributed by atoms with van der Waals surface area (Å²) in [5, 5.41) is 12.0. The molecule has 0 spiro atoms. The molecule has 40 heavy (non-hydrogen) atoms. The van der Waals surface area contributed by atoms with Crippen LogP contribution in [-0.2, 0) is 25.7 Å². The van der Waals surface area contributed by atoms with E-state index in [2.05, 4.69) is 15.9 Å². The highest BCUT2D eigenvalue weighted by Crippen LogP contribution is 2.56. The normalized spacial score (nSPS) is 26.0. The number of imide groups is 1. The number of amides is 2. The number of likely N-dealkylation sites (tertiary alicyclic amines) is 1. The van der Waals surface area contributed by atoms with Gasteiger partial charge >= 0.3 is 0 Å². The van der Waals surface area contributed by atoms with E-state index in [1.807, 2.05) is 60.7 Å². The van der Waals surface area contributed by atoms with E-state index in [0.717, 1.165) is 22.1 Å². The van der Waals surface area contributed by atoms with Crippen molar-refractivity contribution in [1.29, 1.82) is 0 Å². The lowest BCUT2D eigenvalue weighted by atomic mass is 9.59. The van der Waals surface area contributed by atoms with Gasteiger partial charge in [-0.15, -0.1) is 0 Å². The smallest absolute Gasteiger partial charge is 0.234 e. The third-order valence-corrected chi connectivity index (χ3v) is 9.44. The highest BCUT2D eigenvalue weighted by atomic mass is 79.9. The van der Waals surface area contributed by atoms with Gasteiger partial charge in [0.2, 0.25) is 11.8 Å². The maximum absolute atomic E-state index is 13.9. The van der Waals surface area contributed by atoms with E-state index >= 15 is 0 Å². The first-order valence-corrected chi connectivity index (χ1v) is 14.1. The van der Waals surface area contributed by atoms with Gasteiger partial charge in [0.1, 0.15) is 5.75 Å². The van der Waals surface area contributed by atoms with Gasteiger partial charge in [-0.25, -0.2) is 0 Å². The molecule has 0 saturated carbocycles. The minimum absolute atomic E-state index is 0.125. The monoisotopic (exact) mass is 593 g/mol. The maximum atomic E-state index is 13.9. The summed E-state index contributed by atoms with van der Waals surface area (Å²) in [5.74, 6) is -2.88. The first kappa shape index (κ1) is 24.9. The van der Waals surface area contributed by atoms with Crippen molar-refractivity contribution >= 4 is 50.1 Å². The fraction of sp³-hybridized carbons (Fsp3) is 0.212. The lowest BCUT2D eigenvalue weighted by molar-refractivity contribution is -0.140. The number of hydrogen-bond donors (Lipinski definition) is 1. The quantitative estimate of drug-likeness (QED) is 0.246. The van der Waals surface area contributed by atoms with Crippen LogP contribution in [0.4, 0.5) is 0 Å². The molecule has 4 atom stereocenters. The second kappa shape index (κ2) is 9.24. The molecule has 3 aromatic carbocycles. The van der Waals surface area contributed by atoms with Gasteiger partial charge in [-0.1, -0.05) is 72.3 Å². The van der Waals surface area contributed by atoms with Crippen molar-refractivity contribution in [3.8, 4) is 5.75 Å². The van der Waals surface area contributed by atoms with Crippen LogP contribution in [0.3, 0.4) is 0 Å². The van der Waals surface area contributed by atoms with Crippen LogP contribution in [0.25, 0.3) is 10.8 Å². The summed E-state index contributed by atoms with van der Waals surface area (Å²) in [6.07, 6.45) is 3.96. The summed E-state index contributed by atoms with van der Waals surface area (Å²) in [5.41, 5.74) is 3.38. The molecular formula is C33H24BrNO5. The molecule has 198 valence electrons. The fourth-order valence-corrected chi connectivity index (χ4v) is 7.55. The average molecular weight is 594 g/mol. The molecule has 2 amide bonds. The molecule has 7 rings (SSSR count). The number of allylic oxidation sites excluding steroid dienone is 6. The predicted molar refractivity (Wildman–Crippen MR) is 152 cm³/mol. The van der Waals surface area contributed by atoms with Gasteiger partial charge in [-0.3, -0.25) is 24.1 Å². The summed E-state index contributed by atoms with van der Waals surface area (Å²) in [6.45, 7) is 0.208. The first-order chi connectivity index (χ1) is 19.3. The van der Waals surface area contributed by atoms with E-state index in [1.165, 1.54) is 11.0 Å². The molecule has 7 heteroatoms. The lowest BCUT2D eigenvalue weighted by Crippen LogP contribution is -2.39. The van der Waals surface area contributed by atoms with Gasteiger partial charge in [0, 0.05) is 28.5 Å². The lowest BCUT2D eigenvalue weighted by Gasteiger charge is -2.42. The number of hydrogen-bond acceptors (Lipinski definition) is 5. The SMILES string of the molecule is O=C1C=C(Br)C(=O)C2=C1[C@@H](c1ccc(O)c3ccccc13)C1=CC[C@@H]3C(=O)N(Cc4ccccc4)C(=O)[C@@H]3[C@@H]1C2. The van der Waals surface area contributed by atoms with Crippen LogP contribution >= 0.6 is 15.9 Å². The highest BCUT2D eigenvalue weighted by Gasteiger charge is 2.56. The van der Waals surface area contributed by atoms with Gasteiger partial charge in [0.05, 0.1) is 22.9 Å². The number of aromatic hydroxyl groups is 1. The molecule has 3 aliphatic carbocycles. The van der Waals surface area contributed by atoms with Gasteiger partial charge in [-0.05, 0) is 57.3 Å². The Morgan fingerprint density at radius 2 is 1.57 bits per heavy atom. The summed E-state index contributed by atoms with van der Waals surface area (Å²) in [6, 6.07) is 20.3. The van der Waals surface area contributed by atoms with Crippen LogP contribution in [0, 0.1) is 17.8 Å². The number of ketones is 2. The van der Waals surface area contributed by atoms with Gasteiger partial charge in [0.15, 0.2) is 11.6 Å². The third kappa shape index (κ3) is 3.60. The van der Waals surface area contributed by atoms with Crippen LogP contribution in [0.5, 0.6) is 5.75 Å². The van der Waals surface area contributed by atoms with Gasteiger partial charge in [0.25, 0.3) is 0 Å². The molecule has 3 aromatic rings. The molecule has 0 radical (unpaired) electrons. The molecule has 0 aromatic heterocycles. The summed E-state index contributed by atoms with van der Waals surface area (Å²) in [7, 11) is 0. The number of Topliss-reactive ketones (excluding diaryl/α,β-unsaturated/α-hetero) is 1. The predicted octanol–water partition coefficient (Wildman–Crippen LogP) is 5.51. The number of halogens is 1. The summed E-state index contributed by atoms with van der Waals surface area (Å²) < 4.78 is 0.199. The fourth-order valence-electron chi connectivity index (χ4n) is 7.11. The van der Waals surface area contributed by atoms with Crippen molar-refractivity contribution in [3.63, 3.8) is 0 Å². The highest BCUT2D eigenvalue weighted by molar-refractivity contribution is 9.12. The van der Waals surface area contributed by atoms with Crippen LogP contribution in [0.15, 0.2) is 100 Å². The molecule has 0 unspecified atom stereocenters. The molecular weight excluding hydrogens is 570 g/mol. The van der Waals surface area contributed by atoms with E-state index in [9.17, 15) is 24.3 Å². The number of fused-ring (bicyclic) bond motifs is 4. The summed E-state index contributed by atoms with van der Waals surface area (Å²) >= 11 is 3.27. The van der Waals surface area contributed by atoms with Crippen molar-refractivity contribution in [2.24, 2.45) is 17.8 Å². The molecule has 1 N–H and O–H groups in total. The second-order valence-corrected chi connectivity index (χ2v) is 11.7. The molecule has 6 nitrogen and oxygen atoms in total. The zero-order valence-corrected chi connectivity index (χ0v) is 22.9. The average Bonchev–Trinajstić information content (AvgIpc) is 3.21. The Morgan fingerprint density at radius 1 is 0.850 bits per heavy atom. The Labute approximate surface area is 238 Å². The van der Waals surface area contributed by atoms with Crippen molar-refractivity contribution in [2.45, 2.75) is 25.3 Å². The van der Waals surface area contributed by atoms with Gasteiger partial charge in [-0.2, -0.15) is 0 Å². The van der Waals surface area contributed by atoms with Crippen LogP contribution < -0.4 is 0 Å². The molecule has 1 heterocycles. The first-order valence-electron chi connectivity index (χ1n) is 13.3. The number of nitrogens with zero attached hydrogens (tertiary/aromatic N) is 1. The van der Waals surface area contributed by atoms with Gasteiger partial charge < -0.3 is 5.11 Å². The number of benzene rings is 3. The minimum Gasteiger partial charge on any atom is -0.507 e. The number of phenolic OH excluding ortho intramolecular Hbond substituents is 1. The Bertz CT molecular complexity index is 1750. The van der Waals surface area contributed by atoms with Crippen molar-refractivity contribution in [3.05, 3.63) is 111 Å². The van der Waals surface area contributed by atoms with Crippen molar-refractivity contribution < 1.29 is 24.3 Å². The summed E-state index contributed by atoms with van der Waals surface area (Å²) in [4.78, 5) is 55.8. The Hall–Kier alpha value is -4.10. The number of phenols is 1. The molecule has 1 fully saturated rings. The van der Waals surface area contributed by atoms with Crippen molar-refractivity contribution in [2.75, 3.05) is 0 Å². The topological polar surface area (TPSA) is 91.8 Å². The van der Waals surface area contributed by atoms with E-state index in [-0.39, 0.29) is 46.6 Å². The Balaban J connectivity index is 1.38. The maximum Gasteiger partial charge on any atom is 0.234 e. The molecule has 4 aliphatic rings. The Morgan fingerprint density at radius 3 is 2.35 bits per heavy atom. The number of carbonyl (C=O) groups is 4. The largest absolute Gasteiger partial charge is 0.507 e. The van der Waals surface area contributed by atoms with Crippen LogP contribution in [0.2, 0.25) is 0 Å². The standard InChI is InChI=1S/C33H24BrNO5/c34-25-15-27(37)30-24(31(25)38)14-23-21(28(30)20-12-13-26(36)19-9-5-4-8-18(19)20)10-11-22-29(23)33(40)35(32(22)39)16-17-6-2-1-3-7-17/h1-10,12-13,15,22-23,28-29,36H,11,14,16H2/t22-,23+,28-,29-/m0/s1. The molecule has 1 saturated heterocycles. The Kier molecular flexibility index (Phi) is 5.75. The van der Waals surface area contributed by atoms with E-state index in [1.54, 1.807) is 12.1 Å². The van der Waals surface area contributed by atoms with E-state index in [0.29, 0.717) is 23.0 Å².